The van der Waals surface area contributed by atoms with Crippen LogP contribution in [0.3, 0.4) is 0 Å². The Hall–Kier alpha value is -3.81. The van der Waals surface area contributed by atoms with Crippen LogP contribution in [-0.4, -0.2) is 35.6 Å². The van der Waals surface area contributed by atoms with Crippen LogP contribution < -0.4 is 4.74 Å². The number of ether oxygens (including phenoxy) is 1. The summed E-state index contributed by atoms with van der Waals surface area (Å²) < 4.78 is 12.9. The van der Waals surface area contributed by atoms with Gasteiger partial charge in [0.15, 0.2) is 0 Å². The van der Waals surface area contributed by atoms with Crippen LogP contribution in [0.15, 0.2) is 59.6 Å². The van der Waals surface area contributed by atoms with Crippen molar-refractivity contribution in [1.29, 1.82) is 0 Å². The Labute approximate surface area is 159 Å². The number of nitrogens with zero attached hydrogens (tertiary/aromatic N) is 6. The van der Waals surface area contributed by atoms with E-state index in [0.29, 0.717) is 23.1 Å². The van der Waals surface area contributed by atoms with Crippen LogP contribution in [0, 0.1) is 0 Å². The summed E-state index contributed by atoms with van der Waals surface area (Å²) in [7, 11) is 0. The zero-order valence-electron chi connectivity index (χ0n) is 15.3. The lowest BCUT2D eigenvalue weighted by molar-refractivity contribution is 0.243. The summed E-state index contributed by atoms with van der Waals surface area (Å²) in [6.45, 7) is 4.00. The third-order valence-corrected chi connectivity index (χ3v) is 4.19. The van der Waals surface area contributed by atoms with E-state index in [4.69, 9.17) is 9.26 Å². The highest BCUT2D eigenvalue weighted by Crippen LogP contribution is 2.25. The van der Waals surface area contributed by atoms with Crippen molar-refractivity contribution in [3.05, 3.63) is 55.1 Å². The Kier molecular flexibility index (Phi) is 3.75. The van der Waals surface area contributed by atoms with Gasteiger partial charge in [0.25, 0.3) is 5.89 Å². The number of aromatic nitrogens is 6. The first-order chi connectivity index (χ1) is 13.7. The van der Waals surface area contributed by atoms with Gasteiger partial charge in [0.05, 0.1) is 11.6 Å². The van der Waals surface area contributed by atoms with Crippen LogP contribution in [0.5, 0.6) is 5.75 Å². The van der Waals surface area contributed by atoms with Crippen LogP contribution in [0.4, 0.5) is 0 Å². The molecule has 0 aliphatic heterocycles. The minimum atomic E-state index is 0.122. The van der Waals surface area contributed by atoms with Gasteiger partial charge in [-0.25, -0.2) is 15.0 Å². The van der Waals surface area contributed by atoms with E-state index in [0.717, 1.165) is 22.3 Å². The largest absolute Gasteiger partial charge is 0.491 e. The number of rotatable bonds is 4. The smallest absolute Gasteiger partial charge is 0.277 e. The maximum Gasteiger partial charge on any atom is 0.277 e. The molecule has 0 saturated heterocycles. The van der Waals surface area contributed by atoms with E-state index in [-0.39, 0.29) is 6.10 Å². The molecular formula is C20H16N6O2. The van der Waals surface area contributed by atoms with E-state index in [2.05, 4.69) is 25.1 Å². The SMILES string of the molecule is CC(C)Oc1ccc2nc(-c3noc(-c4cc5nccn5cn4)n3)ccc2c1. The molecule has 0 amide bonds. The minimum Gasteiger partial charge on any atom is -0.491 e. The van der Waals surface area contributed by atoms with Gasteiger partial charge < -0.3 is 9.26 Å². The summed E-state index contributed by atoms with van der Waals surface area (Å²) in [4.78, 5) is 17.6. The Bertz CT molecular complexity index is 1290. The molecule has 1 aromatic carbocycles. The fourth-order valence-electron chi connectivity index (χ4n) is 2.94. The molecule has 0 radical (unpaired) electrons. The van der Waals surface area contributed by atoms with Gasteiger partial charge >= 0.3 is 0 Å². The van der Waals surface area contributed by atoms with Crippen LogP contribution in [-0.2, 0) is 0 Å². The van der Waals surface area contributed by atoms with Crippen LogP contribution in [0.2, 0.25) is 0 Å². The Balaban J connectivity index is 1.48. The van der Waals surface area contributed by atoms with Crippen molar-refractivity contribution >= 4 is 16.6 Å². The molecule has 0 unspecified atom stereocenters. The first-order valence-corrected chi connectivity index (χ1v) is 8.86. The van der Waals surface area contributed by atoms with Gasteiger partial charge in [-0.05, 0) is 38.1 Å². The molecule has 0 bridgehead atoms. The quantitative estimate of drug-likeness (QED) is 0.474. The van der Waals surface area contributed by atoms with Crippen LogP contribution >= 0.6 is 0 Å². The summed E-state index contributed by atoms with van der Waals surface area (Å²) in [6.07, 6.45) is 5.31. The summed E-state index contributed by atoms with van der Waals surface area (Å²) in [5, 5.41) is 5.04. The molecule has 8 nitrogen and oxygen atoms in total. The van der Waals surface area contributed by atoms with Gasteiger partial charge in [-0.2, -0.15) is 4.98 Å². The molecule has 0 saturated carbocycles. The van der Waals surface area contributed by atoms with E-state index in [9.17, 15) is 0 Å². The van der Waals surface area contributed by atoms with E-state index >= 15 is 0 Å². The molecule has 4 aromatic heterocycles. The maximum absolute atomic E-state index is 5.73. The second-order valence-corrected chi connectivity index (χ2v) is 6.61. The van der Waals surface area contributed by atoms with Gasteiger partial charge in [0, 0.05) is 23.8 Å². The molecule has 0 aliphatic rings. The van der Waals surface area contributed by atoms with E-state index in [1.165, 1.54) is 0 Å². The second-order valence-electron chi connectivity index (χ2n) is 6.61. The number of hydrogen-bond acceptors (Lipinski definition) is 7. The third kappa shape index (κ3) is 2.94. The third-order valence-electron chi connectivity index (χ3n) is 4.19. The normalized spacial score (nSPS) is 11.5. The molecule has 4 heterocycles. The number of pyridine rings is 1. The molecule has 0 N–H and O–H groups in total. The monoisotopic (exact) mass is 372 g/mol. The average Bonchev–Trinajstić information content (AvgIpc) is 3.36. The zero-order chi connectivity index (χ0) is 19.1. The standard InChI is InChI=1S/C20H16N6O2/c1-12(2)27-14-4-6-15-13(9-14)3-5-16(23-15)19-24-20(28-25-19)17-10-18-21-7-8-26(18)11-22-17/h3-12H,1-2H3. The minimum absolute atomic E-state index is 0.122. The van der Waals surface area contributed by atoms with Gasteiger partial charge in [-0.15, -0.1) is 0 Å². The van der Waals surface area contributed by atoms with E-state index in [1.807, 2.05) is 54.8 Å². The number of benzene rings is 1. The van der Waals surface area contributed by atoms with Crippen molar-refractivity contribution in [3.63, 3.8) is 0 Å². The number of imidazole rings is 1. The van der Waals surface area contributed by atoms with Crippen LogP contribution in [0.25, 0.3) is 39.7 Å². The van der Waals surface area contributed by atoms with Crippen molar-refractivity contribution < 1.29 is 9.26 Å². The van der Waals surface area contributed by atoms with Gasteiger partial charge in [-0.3, -0.25) is 4.40 Å². The molecule has 5 rings (SSSR count). The number of hydrogen-bond donors (Lipinski definition) is 0. The van der Waals surface area contributed by atoms with Crippen molar-refractivity contribution in [2.75, 3.05) is 0 Å². The van der Waals surface area contributed by atoms with Crippen molar-refractivity contribution in [2.45, 2.75) is 20.0 Å². The summed E-state index contributed by atoms with van der Waals surface area (Å²) in [5.41, 5.74) is 2.78. The lowest BCUT2D eigenvalue weighted by Gasteiger charge is -2.10. The zero-order valence-corrected chi connectivity index (χ0v) is 15.3. The van der Waals surface area contributed by atoms with Crippen LogP contribution in [0.1, 0.15) is 13.8 Å². The highest BCUT2D eigenvalue weighted by Gasteiger charge is 2.14. The predicted molar refractivity (Wildman–Crippen MR) is 103 cm³/mol. The average molecular weight is 372 g/mol. The summed E-state index contributed by atoms with van der Waals surface area (Å²) in [6, 6.07) is 11.4. The van der Waals surface area contributed by atoms with Crippen molar-refractivity contribution in [2.24, 2.45) is 0 Å². The second kappa shape index (κ2) is 6.41. The first-order valence-electron chi connectivity index (χ1n) is 8.86. The van der Waals surface area contributed by atoms with Crippen molar-refractivity contribution in [1.82, 2.24) is 29.5 Å². The number of fused-ring (bicyclic) bond motifs is 2. The van der Waals surface area contributed by atoms with E-state index in [1.54, 1.807) is 18.6 Å². The Morgan fingerprint density at radius 3 is 2.82 bits per heavy atom. The lowest BCUT2D eigenvalue weighted by atomic mass is 10.2. The molecule has 28 heavy (non-hydrogen) atoms. The lowest BCUT2D eigenvalue weighted by Crippen LogP contribution is -2.05. The fraction of sp³-hybridized carbons (Fsp3) is 0.150. The Morgan fingerprint density at radius 1 is 1.00 bits per heavy atom. The molecule has 0 atom stereocenters. The van der Waals surface area contributed by atoms with Gasteiger partial charge in [-0.1, -0.05) is 11.2 Å². The molecular weight excluding hydrogens is 356 g/mol. The molecule has 0 aliphatic carbocycles. The van der Waals surface area contributed by atoms with E-state index < -0.39 is 0 Å². The molecule has 0 fully saturated rings. The van der Waals surface area contributed by atoms with Crippen molar-refractivity contribution in [3.8, 4) is 28.9 Å². The Morgan fingerprint density at radius 2 is 1.93 bits per heavy atom. The van der Waals surface area contributed by atoms with Gasteiger partial charge in [0.2, 0.25) is 5.82 Å². The highest BCUT2D eigenvalue weighted by atomic mass is 16.5. The topological polar surface area (TPSA) is 91.2 Å². The molecule has 0 spiro atoms. The predicted octanol–water partition coefficient (Wildman–Crippen LogP) is 3.78. The molecule has 8 heteroatoms. The molecule has 5 aromatic rings. The first kappa shape index (κ1) is 16.4. The highest BCUT2D eigenvalue weighted by molar-refractivity contribution is 5.82. The maximum atomic E-state index is 5.73. The fourth-order valence-corrected chi connectivity index (χ4v) is 2.94. The summed E-state index contributed by atoms with van der Waals surface area (Å²) >= 11 is 0. The summed E-state index contributed by atoms with van der Waals surface area (Å²) in [5.74, 6) is 1.55. The van der Waals surface area contributed by atoms with Gasteiger partial charge in [0.1, 0.15) is 29.1 Å². The molecule has 138 valence electrons.